The van der Waals surface area contributed by atoms with Crippen LogP contribution in [0.1, 0.15) is 76.3 Å². The maximum absolute atomic E-state index is 12.8. The molecule has 2 N–H and O–H groups in total. The van der Waals surface area contributed by atoms with E-state index in [0.29, 0.717) is 0 Å². The number of aryl methyl sites for hydroxylation is 1. The normalized spacial score (nSPS) is 23.4. The fraction of sp³-hybridized carbons (Fsp3) is 0.667. The summed E-state index contributed by atoms with van der Waals surface area (Å²) in [6.45, 7) is 6.32. The van der Waals surface area contributed by atoms with Crippen LogP contribution >= 0.6 is 0 Å². The maximum atomic E-state index is 12.8. The van der Waals surface area contributed by atoms with Crippen molar-refractivity contribution in [3.8, 4) is 0 Å². The molecule has 0 bridgehead atoms. The molecule has 2 amide bonds. The average molecular weight is 385 g/mol. The van der Waals surface area contributed by atoms with Gasteiger partial charge < -0.3 is 10.6 Å². The van der Waals surface area contributed by atoms with Crippen molar-refractivity contribution in [3.63, 3.8) is 0 Å². The lowest BCUT2D eigenvalue weighted by atomic mass is 9.84. The zero-order valence-corrected chi connectivity index (χ0v) is 17.7. The minimum atomic E-state index is -0.267. The zero-order chi connectivity index (χ0) is 20.1. The molecule has 0 saturated heterocycles. The third kappa shape index (κ3) is 5.59. The van der Waals surface area contributed by atoms with Crippen molar-refractivity contribution in [2.45, 2.75) is 90.1 Å². The Morgan fingerprint density at radius 3 is 2.18 bits per heavy atom. The van der Waals surface area contributed by atoms with Gasteiger partial charge in [-0.25, -0.2) is 0 Å². The van der Waals surface area contributed by atoms with Gasteiger partial charge in [-0.2, -0.15) is 0 Å². The second-order valence-electron chi connectivity index (χ2n) is 9.51. The summed E-state index contributed by atoms with van der Waals surface area (Å²) in [5.74, 6) is 0.697. The molecule has 4 heteroatoms. The van der Waals surface area contributed by atoms with Crippen molar-refractivity contribution in [3.05, 3.63) is 35.4 Å². The first-order valence-corrected chi connectivity index (χ1v) is 11.0. The summed E-state index contributed by atoms with van der Waals surface area (Å²) in [4.78, 5) is 25.2. The molecule has 0 aliphatic heterocycles. The predicted octanol–water partition coefficient (Wildman–Crippen LogP) is 4.30. The van der Waals surface area contributed by atoms with Crippen LogP contribution in [0.2, 0.25) is 0 Å². The Hall–Kier alpha value is -1.84. The fourth-order valence-electron chi connectivity index (χ4n) is 4.77. The van der Waals surface area contributed by atoms with Crippen molar-refractivity contribution in [1.29, 1.82) is 0 Å². The number of nitrogens with one attached hydrogen (secondary N) is 2. The van der Waals surface area contributed by atoms with Gasteiger partial charge in [-0.05, 0) is 76.8 Å². The Balaban J connectivity index is 1.45. The van der Waals surface area contributed by atoms with E-state index in [1.165, 1.54) is 24.0 Å². The second kappa shape index (κ2) is 9.11. The predicted molar refractivity (Wildman–Crippen MR) is 113 cm³/mol. The molecule has 3 rings (SSSR count). The highest BCUT2D eigenvalue weighted by Crippen LogP contribution is 2.28. The monoisotopic (exact) mass is 384 g/mol. The summed E-state index contributed by atoms with van der Waals surface area (Å²) < 4.78 is 0. The number of amides is 2. The number of hydrogen-bond acceptors (Lipinski definition) is 2. The quantitative estimate of drug-likeness (QED) is 0.768. The van der Waals surface area contributed by atoms with Crippen molar-refractivity contribution in [2.75, 3.05) is 0 Å². The number of hydrogen-bond donors (Lipinski definition) is 2. The first-order chi connectivity index (χ1) is 13.3. The van der Waals surface area contributed by atoms with Gasteiger partial charge in [0.1, 0.15) is 0 Å². The Kier molecular flexibility index (Phi) is 6.79. The molecule has 0 heterocycles. The summed E-state index contributed by atoms with van der Waals surface area (Å²) in [7, 11) is 0. The molecule has 1 aromatic carbocycles. The molecule has 0 atom stereocenters. The maximum Gasteiger partial charge on any atom is 0.223 e. The van der Waals surface area contributed by atoms with Gasteiger partial charge in [0.15, 0.2) is 0 Å². The molecule has 28 heavy (non-hydrogen) atoms. The van der Waals surface area contributed by atoms with Crippen LogP contribution < -0.4 is 10.6 Å². The minimum Gasteiger partial charge on any atom is -0.353 e. The van der Waals surface area contributed by atoms with E-state index in [0.717, 1.165) is 44.9 Å². The van der Waals surface area contributed by atoms with E-state index in [-0.39, 0.29) is 35.2 Å². The van der Waals surface area contributed by atoms with Crippen LogP contribution in [-0.4, -0.2) is 23.4 Å². The Morgan fingerprint density at radius 1 is 0.929 bits per heavy atom. The van der Waals surface area contributed by atoms with Crippen molar-refractivity contribution in [2.24, 2.45) is 11.8 Å². The summed E-state index contributed by atoms with van der Waals surface area (Å²) >= 11 is 0. The molecule has 1 aromatic rings. The average Bonchev–Trinajstić information content (AvgIpc) is 3.18. The van der Waals surface area contributed by atoms with Gasteiger partial charge in [-0.1, -0.05) is 37.1 Å². The smallest absolute Gasteiger partial charge is 0.223 e. The highest BCUT2D eigenvalue weighted by atomic mass is 16.2. The summed E-state index contributed by atoms with van der Waals surface area (Å²) in [6.07, 6.45) is 8.83. The van der Waals surface area contributed by atoms with E-state index in [1.807, 2.05) is 6.07 Å². The van der Waals surface area contributed by atoms with Gasteiger partial charge in [0.2, 0.25) is 11.8 Å². The van der Waals surface area contributed by atoms with E-state index in [4.69, 9.17) is 0 Å². The van der Waals surface area contributed by atoms with Crippen LogP contribution in [0.5, 0.6) is 0 Å². The Bertz CT molecular complexity index is 684. The zero-order valence-electron chi connectivity index (χ0n) is 17.7. The molecule has 154 valence electrons. The number of carbonyl (C=O) groups is 2. The summed E-state index contributed by atoms with van der Waals surface area (Å²) in [6, 6.07) is 8.61. The molecular weight excluding hydrogens is 348 g/mol. The van der Waals surface area contributed by atoms with E-state index in [9.17, 15) is 9.59 Å². The first-order valence-electron chi connectivity index (χ1n) is 11.0. The first kappa shape index (κ1) is 20.9. The molecule has 2 fully saturated rings. The van der Waals surface area contributed by atoms with Crippen LogP contribution in [0.15, 0.2) is 24.3 Å². The largest absolute Gasteiger partial charge is 0.353 e. The molecule has 2 aliphatic carbocycles. The Labute approximate surface area is 169 Å². The lowest BCUT2D eigenvalue weighted by molar-refractivity contribution is -0.128. The third-order valence-corrected chi connectivity index (χ3v) is 6.53. The van der Waals surface area contributed by atoms with Gasteiger partial charge in [-0.3, -0.25) is 9.59 Å². The number of carbonyl (C=O) groups excluding carboxylic acids is 2. The molecule has 0 spiro atoms. The van der Waals surface area contributed by atoms with Gasteiger partial charge in [0.05, 0.1) is 0 Å². The molecule has 2 aliphatic rings. The van der Waals surface area contributed by atoms with Gasteiger partial charge >= 0.3 is 0 Å². The van der Waals surface area contributed by atoms with Gasteiger partial charge in [-0.15, -0.1) is 0 Å². The standard InChI is InChI=1S/C24H36N2O2/c1-17-8-4-5-11-20(17)16-24(2,3)26-23(28)19-12-14-21(15-13-19)25-22(27)18-9-6-7-10-18/h4-5,8,11,18-19,21H,6-7,9-10,12-16H2,1-3H3,(H,25,27)(H,26,28). The Morgan fingerprint density at radius 2 is 1.54 bits per heavy atom. The van der Waals surface area contributed by atoms with Crippen LogP contribution in [-0.2, 0) is 16.0 Å². The lowest BCUT2D eigenvalue weighted by Crippen LogP contribution is -2.49. The molecule has 0 aromatic heterocycles. The molecular formula is C24H36N2O2. The van der Waals surface area contributed by atoms with Crippen LogP contribution in [0.3, 0.4) is 0 Å². The molecule has 0 unspecified atom stereocenters. The number of rotatable bonds is 6. The van der Waals surface area contributed by atoms with E-state index in [2.05, 4.69) is 49.6 Å². The van der Waals surface area contributed by atoms with E-state index >= 15 is 0 Å². The van der Waals surface area contributed by atoms with Crippen molar-refractivity contribution in [1.82, 2.24) is 10.6 Å². The summed E-state index contributed by atoms with van der Waals surface area (Å²) in [5.41, 5.74) is 2.28. The SMILES string of the molecule is Cc1ccccc1CC(C)(C)NC(=O)C1CCC(NC(=O)C2CCCC2)CC1. The fourth-order valence-corrected chi connectivity index (χ4v) is 4.77. The van der Waals surface area contributed by atoms with E-state index in [1.54, 1.807) is 0 Å². The third-order valence-electron chi connectivity index (χ3n) is 6.53. The van der Waals surface area contributed by atoms with Crippen LogP contribution in [0.25, 0.3) is 0 Å². The van der Waals surface area contributed by atoms with E-state index < -0.39 is 0 Å². The van der Waals surface area contributed by atoms with Crippen LogP contribution in [0, 0.1) is 18.8 Å². The highest BCUT2D eigenvalue weighted by Gasteiger charge is 2.32. The second-order valence-corrected chi connectivity index (χ2v) is 9.51. The number of benzene rings is 1. The topological polar surface area (TPSA) is 58.2 Å². The lowest BCUT2D eigenvalue weighted by Gasteiger charge is -2.33. The van der Waals surface area contributed by atoms with Crippen LogP contribution in [0.4, 0.5) is 0 Å². The molecule has 4 nitrogen and oxygen atoms in total. The minimum absolute atomic E-state index is 0.0655. The summed E-state index contributed by atoms with van der Waals surface area (Å²) in [5, 5.41) is 6.51. The molecule has 2 saturated carbocycles. The molecule has 0 radical (unpaired) electrons. The highest BCUT2D eigenvalue weighted by molar-refractivity contribution is 5.80. The van der Waals surface area contributed by atoms with Crippen molar-refractivity contribution >= 4 is 11.8 Å². The van der Waals surface area contributed by atoms with Gasteiger partial charge in [0, 0.05) is 23.4 Å². The van der Waals surface area contributed by atoms with Crippen molar-refractivity contribution < 1.29 is 9.59 Å². The van der Waals surface area contributed by atoms with Gasteiger partial charge in [0.25, 0.3) is 0 Å².